The molecule has 0 bridgehead atoms. The van der Waals surface area contributed by atoms with E-state index < -0.39 is 23.2 Å². The van der Waals surface area contributed by atoms with Gasteiger partial charge in [0, 0.05) is 4.47 Å². The normalized spacial score (nSPS) is 10.3. The first kappa shape index (κ1) is 14.3. The second-order valence-electron chi connectivity index (χ2n) is 3.94. The van der Waals surface area contributed by atoms with Gasteiger partial charge in [-0.2, -0.15) is 0 Å². The molecule has 4 N–H and O–H groups in total. The van der Waals surface area contributed by atoms with Crippen LogP contribution >= 0.6 is 15.9 Å². The SMILES string of the molecule is Nc1ccc(F)c(F)c1NC(=O)c1ccc(Br)cc1O. The van der Waals surface area contributed by atoms with Gasteiger partial charge in [0.2, 0.25) is 0 Å². The van der Waals surface area contributed by atoms with Crippen molar-refractivity contribution in [3.8, 4) is 5.75 Å². The first-order valence-electron chi connectivity index (χ1n) is 5.43. The Labute approximate surface area is 121 Å². The molecule has 2 aromatic rings. The Hall–Kier alpha value is -2.15. The number of benzene rings is 2. The Balaban J connectivity index is 2.35. The molecule has 2 aromatic carbocycles. The lowest BCUT2D eigenvalue weighted by Gasteiger charge is -2.10. The number of anilines is 2. The summed E-state index contributed by atoms with van der Waals surface area (Å²) in [4.78, 5) is 11.9. The van der Waals surface area contributed by atoms with E-state index in [0.717, 1.165) is 12.1 Å². The first-order valence-corrected chi connectivity index (χ1v) is 6.23. The molecule has 0 aliphatic carbocycles. The third-order valence-corrected chi connectivity index (χ3v) is 3.06. The van der Waals surface area contributed by atoms with E-state index in [-0.39, 0.29) is 17.0 Å². The number of rotatable bonds is 2. The number of nitrogen functional groups attached to an aromatic ring is 1. The molecule has 1 amide bonds. The van der Waals surface area contributed by atoms with E-state index in [2.05, 4.69) is 21.2 Å². The molecule has 20 heavy (non-hydrogen) atoms. The smallest absolute Gasteiger partial charge is 0.259 e. The minimum atomic E-state index is -1.25. The van der Waals surface area contributed by atoms with Gasteiger partial charge in [-0.1, -0.05) is 15.9 Å². The number of amides is 1. The summed E-state index contributed by atoms with van der Waals surface area (Å²) in [5.74, 6) is -3.48. The zero-order valence-corrected chi connectivity index (χ0v) is 11.5. The molecule has 0 aliphatic rings. The number of hydrogen-bond donors (Lipinski definition) is 3. The Morgan fingerprint density at radius 3 is 2.60 bits per heavy atom. The van der Waals surface area contributed by atoms with E-state index in [9.17, 15) is 18.7 Å². The Morgan fingerprint density at radius 1 is 1.25 bits per heavy atom. The van der Waals surface area contributed by atoms with Crippen LogP contribution in [0.3, 0.4) is 0 Å². The highest BCUT2D eigenvalue weighted by atomic mass is 79.9. The summed E-state index contributed by atoms with van der Waals surface area (Å²) < 4.78 is 27.2. The van der Waals surface area contributed by atoms with Crippen LogP contribution in [0.2, 0.25) is 0 Å². The molecular formula is C13H9BrF2N2O2. The van der Waals surface area contributed by atoms with Crippen molar-refractivity contribution in [2.75, 3.05) is 11.1 Å². The number of nitrogens with one attached hydrogen (secondary N) is 1. The van der Waals surface area contributed by atoms with Gasteiger partial charge in [-0.3, -0.25) is 4.79 Å². The molecule has 0 atom stereocenters. The van der Waals surface area contributed by atoms with Crippen molar-refractivity contribution in [3.05, 3.63) is 52.0 Å². The van der Waals surface area contributed by atoms with E-state index >= 15 is 0 Å². The van der Waals surface area contributed by atoms with Crippen LogP contribution in [0.5, 0.6) is 5.75 Å². The van der Waals surface area contributed by atoms with Crippen molar-refractivity contribution >= 4 is 33.2 Å². The summed E-state index contributed by atoms with van der Waals surface area (Å²) in [6.07, 6.45) is 0. The van der Waals surface area contributed by atoms with Gasteiger partial charge in [0.25, 0.3) is 5.91 Å². The summed E-state index contributed by atoms with van der Waals surface area (Å²) in [7, 11) is 0. The van der Waals surface area contributed by atoms with Gasteiger partial charge >= 0.3 is 0 Å². The molecule has 0 fully saturated rings. The molecular weight excluding hydrogens is 334 g/mol. The number of carbonyl (C=O) groups excluding carboxylic acids is 1. The maximum absolute atomic E-state index is 13.6. The molecule has 0 saturated carbocycles. The summed E-state index contributed by atoms with van der Waals surface area (Å²) in [6.45, 7) is 0. The van der Waals surface area contributed by atoms with Crippen LogP contribution in [0.4, 0.5) is 20.2 Å². The monoisotopic (exact) mass is 342 g/mol. The van der Waals surface area contributed by atoms with Crippen LogP contribution in [-0.2, 0) is 0 Å². The van der Waals surface area contributed by atoms with E-state index in [4.69, 9.17) is 5.73 Å². The van der Waals surface area contributed by atoms with Crippen LogP contribution in [0.1, 0.15) is 10.4 Å². The van der Waals surface area contributed by atoms with Crippen molar-refractivity contribution in [3.63, 3.8) is 0 Å². The lowest BCUT2D eigenvalue weighted by atomic mass is 10.1. The number of nitrogens with two attached hydrogens (primary N) is 1. The molecule has 0 spiro atoms. The van der Waals surface area contributed by atoms with Gasteiger partial charge in [0.15, 0.2) is 11.6 Å². The number of hydrogen-bond acceptors (Lipinski definition) is 3. The lowest BCUT2D eigenvalue weighted by Crippen LogP contribution is -2.15. The first-order chi connectivity index (χ1) is 9.40. The third-order valence-electron chi connectivity index (χ3n) is 2.57. The highest BCUT2D eigenvalue weighted by Crippen LogP contribution is 2.27. The molecule has 0 unspecified atom stereocenters. The molecule has 4 nitrogen and oxygen atoms in total. The number of phenolic OH excluding ortho intramolecular Hbond substituents is 1. The summed E-state index contributed by atoms with van der Waals surface area (Å²) in [5, 5.41) is 11.8. The average molecular weight is 343 g/mol. The molecule has 0 saturated heterocycles. The molecule has 0 aromatic heterocycles. The number of aromatic hydroxyl groups is 1. The number of halogens is 3. The van der Waals surface area contributed by atoms with Gasteiger partial charge < -0.3 is 16.2 Å². The van der Waals surface area contributed by atoms with Crippen LogP contribution < -0.4 is 11.1 Å². The highest BCUT2D eigenvalue weighted by Gasteiger charge is 2.17. The Bertz CT molecular complexity index is 692. The van der Waals surface area contributed by atoms with Crippen molar-refractivity contribution < 1.29 is 18.7 Å². The van der Waals surface area contributed by atoms with Crippen LogP contribution in [-0.4, -0.2) is 11.0 Å². The van der Waals surface area contributed by atoms with E-state index in [1.54, 1.807) is 0 Å². The largest absolute Gasteiger partial charge is 0.507 e. The summed E-state index contributed by atoms with van der Waals surface area (Å²) in [5.41, 5.74) is 4.82. The zero-order chi connectivity index (χ0) is 14.9. The van der Waals surface area contributed by atoms with Gasteiger partial charge in [0.05, 0.1) is 11.3 Å². The second-order valence-corrected chi connectivity index (χ2v) is 4.86. The summed E-state index contributed by atoms with van der Waals surface area (Å²) >= 11 is 3.12. The highest BCUT2D eigenvalue weighted by molar-refractivity contribution is 9.10. The minimum absolute atomic E-state index is 0.0868. The maximum Gasteiger partial charge on any atom is 0.259 e. The average Bonchev–Trinajstić information content (AvgIpc) is 2.39. The Kier molecular flexibility index (Phi) is 3.89. The summed E-state index contributed by atoms with van der Waals surface area (Å²) in [6, 6.07) is 6.16. The van der Waals surface area contributed by atoms with E-state index in [0.29, 0.717) is 4.47 Å². The molecule has 0 aliphatic heterocycles. The van der Waals surface area contributed by atoms with Crippen molar-refractivity contribution in [2.45, 2.75) is 0 Å². The Morgan fingerprint density at radius 2 is 1.95 bits per heavy atom. The number of phenols is 1. The predicted octanol–water partition coefficient (Wildman–Crippen LogP) is 3.27. The van der Waals surface area contributed by atoms with Gasteiger partial charge in [-0.05, 0) is 30.3 Å². The van der Waals surface area contributed by atoms with Crippen molar-refractivity contribution in [1.29, 1.82) is 0 Å². The van der Waals surface area contributed by atoms with Gasteiger partial charge in [-0.15, -0.1) is 0 Å². The molecule has 104 valence electrons. The predicted molar refractivity (Wildman–Crippen MR) is 74.5 cm³/mol. The van der Waals surface area contributed by atoms with Crippen LogP contribution in [0.15, 0.2) is 34.8 Å². The fourth-order valence-electron chi connectivity index (χ4n) is 1.57. The minimum Gasteiger partial charge on any atom is -0.507 e. The quantitative estimate of drug-likeness (QED) is 0.733. The lowest BCUT2D eigenvalue weighted by molar-refractivity contribution is 0.102. The molecule has 0 radical (unpaired) electrons. The van der Waals surface area contributed by atoms with Crippen LogP contribution in [0, 0.1) is 11.6 Å². The van der Waals surface area contributed by atoms with Crippen molar-refractivity contribution in [2.24, 2.45) is 0 Å². The van der Waals surface area contributed by atoms with Gasteiger partial charge in [0.1, 0.15) is 11.4 Å². The molecule has 2 rings (SSSR count). The standard InChI is InChI=1S/C13H9BrF2N2O2/c14-6-1-2-7(10(19)5-6)13(20)18-12-9(17)4-3-8(15)11(12)16/h1-5,19H,17H2,(H,18,20). The zero-order valence-electron chi connectivity index (χ0n) is 9.95. The number of carbonyl (C=O) groups is 1. The fraction of sp³-hybridized carbons (Fsp3) is 0. The van der Waals surface area contributed by atoms with Crippen LogP contribution in [0.25, 0.3) is 0 Å². The van der Waals surface area contributed by atoms with Crippen molar-refractivity contribution in [1.82, 2.24) is 0 Å². The van der Waals surface area contributed by atoms with Gasteiger partial charge in [-0.25, -0.2) is 8.78 Å². The molecule has 0 heterocycles. The fourth-order valence-corrected chi connectivity index (χ4v) is 1.92. The van der Waals surface area contributed by atoms with E-state index in [1.165, 1.54) is 18.2 Å². The molecule has 7 heteroatoms. The van der Waals surface area contributed by atoms with E-state index in [1.807, 2.05) is 0 Å². The maximum atomic E-state index is 13.6. The third kappa shape index (κ3) is 2.72. The topological polar surface area (TPSA) is 75.3 Å². The second kappa shape index (κ2) is 5.46.